The summed E-state index contributed by atoms with van der Waals surface area (Å²) in [4.78, 5) is 11.4. The van der Waals surface area contributed by atoms with E-state index in [-0.39, 0.29) is 5.69 Å². The second kappa shape index (κ2) is 5.92. The first kappa shape index (κ1) is 13.0. The van der Waals surface area contributed by atoms with Gasteiger partial charge in [-0.3, -0.25) is 14.8 Å². The fourth-order valence-corrected chi connectivity index (χ4v) is 2.42. The Morgan fingerprint density at radius 3 is 2.83 bits per heavy atom. The van der Waals surface area contributed by atoms with E-state index in [1.165, 1.54) is 41.2 Å². The zero-order valence-corrected chi connectivity index (χ0v) is 10.3. The summed E-state index contributed by atoms with van der Waals surface area (Å²) in [6.45, 7) is 3.22. The normalized spacial score (nSPS) is 18.7. The van der Waals surface area contributed by atoms with Gasteiger partial charge >= 0.3 is 5.69 Å². The number of hydrogen-bond acceptors (Lipinski definition) is 4. The van der Waals surface area contributed by atoms with Gasteiger partial charge in [0.1, 0.15) is 25.0 Å². The summed E-state index contributed by atoms with van der Waals surface area (Å²) in [7, 11) is 0. The molecule has 0 amide bonds. The van der Waals surface area contributed by atoms with Crippen molar-refractivity contribution in [1.29, 1.82) is 0 Å². The van der Waals surface area contributed by atoms with E-state index < -0.39 is 11.0 Å². The number of aromatic nitrogens is 2. The molecule has 18 heavy (non-hydrogen) atoms. The lowest BCUT2D eigenvalue weighted by Crippen LogP contribution is -3.13. The lowest BCUT2D eigenvalue weighted by Gasteiger charge is -2.25. The summed E-state index contributed by atoms with van der Waals surface area (Å²) in [5.41, 5.74) is -0.0347. The molecule has 0 unspecified atom stereocenters. The first-order chi connectivity index (χ1) is 8.65. The fraction of sp³-hybridized carbons (Fsp3) is 0.727. The summed E-state index contributed by atoms with van der Waals surface area (Å²) < 4.78 is 1.44. The predicted octanol–water partition coefficient (Wildman–Crippen LogP) is -0.779. The van der Waals surface area contributed by atoms with Gasteiger partial charge in [-0.25, -0.2) is 0 Å². The average molecular weight is 255 g/mol. The van der Waals surface area contributed by atoms with Crippen LogP contribution in [0.4, 0.5) is 5.69 Å². The van der Waals surface area contributed by atoms with E-state index in [0.717, 1.165) is 13.1 Å². The number of nitrogens with one attached hydrogen (secondary N) is 1. The van der Waals surface area contributed by atoms with Gasteiger partial charge in [-0.05, 0) is 19.3 Å². The number of likely N-dealkylation sites (tertiary alicyclic amines) is 1. The van der Waals surface area contributed by atoms with Gasteiger partial charge < -0.3 is 10.0 Å². The zero-order valence-electron chi connectivity index (χ0n) is 10.3. The molecule has 0 aromatic carbocycles. The molecule has 1 atom stereocenters. The van der Waals surface area contributed by atoms with Crippen LogP contribution < -0.4 is 4.90 Å². The van der Waals surface area contributed by atoms with Crippen molar-refractivity contribution in [2.24, 2.45) is 0 Å². The maximum atomic E-state index is 10.5. The van der Waals surface area contributed by atoms with Gasteiger partial charge in [-0.15, -0.1) is 0 Å². The van der Waals surface area contributed by atoms with Crippen LogP contribution in [0.5, 0.6) is 0 Å². The Labute approximate surface area is 105 Å². The minimum atomic E-state index is -0.502. The number of nitrogens with zero attached hydrogens (tertiary/aromatic N) is 3. The summed E-state index contributed by atoms with van der Waals surface area (Å²) in [6, 6.07) is 0. The van der Waals surface area contributed by atoms with Crippen molar-refractivity contribution in [3.05, 3.63) is 22.5 Å². The third-order valence-corrected chi connectivity index (χ3v) is 3.31. The van der Waals surface area contributed by atoms with Crippen LogP contribution in [0.15, 0.2) is 12.4 Å². The van der Waals surface area contributed by atoms with Crippen LogP contribution >= 0.6 is 0 Å². The van der Waals surface area contributed by atoms with Crippen molar-refractivity contribution < 1.29 is 14.9 Å². The van der Waals surface area contributed by atoms with E-state index in [2.05, 4.69) is 5.10 Å². The molecule has 7 nitrogen and oxygen atoms in total. The van der Waals surface area contributed by atoms with E-state index in [9.17, 15) is 15.2 Å². The van der Waals surface area contributed by atoms with Gasteiger partial charge in [0.15, 0.2) is 0 Å². The summed E-state index contributed by atoms with van der Waals surface area (Å²) in [5, 5.41) is 24.3. The Hall–Kier alpha value is -1.47. The molecule has 1 saturated heterocycles. The van der Waals surface area contributed by atoms with Crippen LogP contribution in [0, 0.1) is 10.1 Å². The number of rotatable bonds is 5. The standard InChI is InChI=1S/C11H18N4O3/c16-11(8-13-4-2-1-3-5-13)9-14-7-10(6-12-14)15(17)18/h6-7,11,16H,1-5,8-9H2/p+1/t11-/m1/s1. The van der Waals surface area contributed by atoms with Crippen LogP contribution in [-0.4, -0.2) is 45.5 Å². The van der Waals surface area contributed by atoms with Crippen molar-refractivity contribution >= 4 is 5.69 Å². The molecule has 0 bridgehead atoms. The number of piperidine rings is 1. The predicted molar refractivity (Wildman–Crippen MR) is 64.3 cm³/mol. The zero-order chi connectivity index (χ0) is 13.0. The third kappa shape index (κ3) is 3.51. The first-order valence-electron chi connectivity index (χ1n) is 6.33. The molecule has 0 saturated carbocycles. The Morgan fingerprint density at radius 1 is 1.50 bits per heavy atom. The number of aliphatic hydroxyl groups excluding tert-OH is 1. The largest absolute Gasteiger partial charge is 0.385 e. The van der Waals surface area contributed by atoms with Gasteiger partial charge in [-0.1, -0.05) is 0 Å². The SMILES string of the molecule is O=[N+]([O-])c1cnn(C[C@H](O)C[NH+]2CCCCC2)c1. The van der Waals surface area contributed by atoms with Gasteiger partial charge in [-0.2, -0.15) is 5.10 Å². The molecule has 2 N–H and O–H groups in total. The summed E-state index contributed by atoms with van der Waals surface area (Å²) in [5.74, 6) is 0. The quantitative estimate of drug-likeness (QED) is 0.534. The van der Waals surface area contributed by atoms with E-state index in [4.69, 9.17) is 0 Å². The molecule has 0 spiro atoms. The molecule has 1 fully saturated rings. The van der Waals surface area contributed by atoms with Crippen molar-refractivity contribution in [2.45, 2.75) is 31.9 Å². The van der Waals surface area contributed by atoms with E-state index in [1.807, 2.05) is 0 Å². The molecular weight excluding hydrogens is 236 g/mol. The highest BCUT2D eigenvalue weighted by atomic mass is 16.6. The number of quaternary nitrogens is 1. The lowest BCUT2D eigenvalue weighted by molar-refractivity contribution is -0.908. The molecule has 2 heterocycles. The summed E-state index contributed by atoms with van der Waals surface area (Å²) >= 11 is 0. The molecule has 100 valence electrons. The van der Waals surface area contributed by atoms with Crippen molar-refractivity contribution in [1.82, 2.24) is 9.78 Å². The molecule has 1 aromatic heterocycles. The molecule has 0 aliphatic carbocycles. The maximum absolute atomic E-state index is 10.5. The van der Waals surface area contributed by atoms with Gasteiger partial charge in [0.25, 0.3) is 0 Å². The van der Waals surface area contributed by atoms with E-state index >= 15 is 0 Å². The van der Waals surface area contributed by atoms with E-state index in [1.54, 1.807) is 0 Å². The minimum Gasteiger partial charge on any atom is -0.385 e. The Morgan fingerprint density at radius 2 is 2.22 bits per heavy atom. The van der Waals surface area contributed by atoms with Crippen LogP contribution in [0.1, 0.15) is 19.3 Å². The highest BCUT2D eigenvalue weighted by molar-refractivity contribution is 5.20. The molecule has 7 heteroatoms. The number of nitro groups is 1. The Balaban J connectivity index is 1.82. The molecular formula is C11H19N4O3+. The van der Waals surface area contributed by atoms with Crippen LogP contribution in [0.2, 0.25) is 0 Å². The summed E-state index contributed by atoms with van der Waals surface area (Å²) in [6.07, 6.45) is 5.78. The van der Waals surface area contributed by atoms with Gasteiger partial charge in [0.2, 0.25) is 0 Å². The smallest absolute Gasteiger partial charge is 0.306 e. The second-order valence-corrected chi connectivity index (χ2v) is 4.85. The average Bonchev–Trinajstić information content (AvgIpc) is 2.78. The van der Waals surface area contributed by atoms with Crippen molar-refractivity contribution in [3.63, 3.8) is 0 Å². The second-order valence-electron chi connectivity index (χ2n) is 4.85. The van der Waals surface area contributed by atoms with Crippen LogP contribution in [0.25, 0.3) is 0 Å². The van der Waals surface area contributed by atoms with Gasteiger partial charge in [0, 0.05) is 0 Å². The Bertz CT molecular complexity index is 401. The molecule has 0 radical (unpaired) electrons. The lowest BCUT2D eigenvalue weighted by atomic mass is 10.1. The number of aliphatic hydroxyl groups is 1. The van der Waals surface area contributed by atoms with Gasteiger partial charge in [0.05, 0.1) is 24.6 Å². The monoisotopic (exact) mass is 255 g/mol. The molecule has 1 aliphatic rings. The number of hydrogen-bond donors (Lipinski definition) is 2. The molecule has 2 rings (SSSR count). The van der Waals surface area contributed by atoms with E-state index in [0.29, 0.717) is 13.1 Å². The van der Waals surface area contributed by atoms with Crippen molar-refractivity contribution in [3.8, 4) is 0 Å². The van der Waals surface area contributed by atoms with Crippen LogP contribution in [0.3, 0.4) is 0 Å². The third-order valence-electron chi connectivity index (χ3n) is 3.31. The molecule has 1 aromatic rings. The highest BCUT2D eigenvalue weighted by Crippen LogP contribution is 2.07. The first-order valence-corrected chi connectivity index (χ1v) is 6.33. The fourth-order valence-electron chi connectivity index (χ4n) is 2.42. The maximum Gasteiger partial charge on any atom is 0.306 e. The minimum absolute atomic E-state index is 0.0347. The van der Waals surface area contributed by atoms with Crippen LogP contribution in [-0.2, 0) is 6.54 Å². The molecule has 1 aliphatic heterocycles. The highest BCUT2D eigenvalue weighted by Gasteiger charge is 2.19. The topological polar surface area (TPSA) is 85.6 Å². The van der Waals surface area contributed by atoms with Crippen molar-refractivity contribution in [2.75, 3.05) is 19.6 Å². The Kier molecular flexibility index (Phi) is 4.27.